The molecule has 1 aromatic carbocycles. The van der Waals surface area contributed by atoms with Gasteiger partial charge in [0.1, 0.15) is 0 Å². The van der Waals surface area contributed by atoms with Gasteiger partial charge >= 0.3 is 0 Å². The van der Waals surface area contributed by atoms with Crippen molar-refractivity contribution in [2.75, 3.05) is 0 Å². The predicted molar refractivity (Wildman–Crippen MR) is 77.3 cm³/mol. The van der Waals surface area contributed by atoms with Crippen molar-refractivity contribution in [2.24, 2.45) is 11.8 Å². The van der Waals surface area contributed by atoms with E-state index in [1.54, 1.807) is 5.56 Å². The lowest BCUT2D eigenvalue weighted by molar-refractivity contribution is 0.420. The molecule has 3 rings (SSSR count). The molecule has 96 valence electrons. The van der Waals surface area contributed by atoms with Gasteiger partial charge in [-0.25, -0.2) is 0 Å². The average Bonchev–Trinajstić information content (AvgIpc) is 3.07. The summed E-state index contributed by atoms with van der Waals surface area (Å²) >= 11 is 0. The van der Waals surface area contributed by atoms with Crippen molar-refractivity contribution >= 4 is 0 Å². The van der Waals surface area contributed by atoms with Crippen molar-refractivity contribution in [2.45, 2.75) is 59.3 Å². The highest BCUT2D eigenvalue weighted by atomic mass is 14.4. The van der Waals surface area contributed by atoms with E-state index in [-0.39, 0.29) is 0 Å². The molecule has 0 N–H and O–H groups in total. The molecule has 0 spiro atoms. The second-order valence-electron chi connectivity index (χ2n) is 4.69. The van der Waals surface area contributed by atoms with Gasteiger partial charge in [-0.1, -0.05) is 64.4 Å². The Morgan fingerprint density at radius 2 is 1.47 bits per heavy atom. The molecule has 3 atom stereocenters. The first kappa shape index (κ1) is 14.3. The van der Waals surface area contributed by atoms with Gasteiger partial charge in [-0.3, -0.25) is 0 Å². The van der Waals surface area contributed by atoms with Gasteiger partial charge in [0.25, 0.3) is 0 Å². The Hall–Kier alpha value is -0.780. The summed E-state index contributed by atoms with van der Waals surface area (Å²) in [7, 11) is 0. The monoisotopic (exact) mass is 232 g/mol. The molecule has 1 aromatic rings. The Bertz CT molecular complexity index is 288. The highest BCUT2D eigenvalue weighted by Gasteiger charge is 2.39. The number of rotatable bonds is 1. The Balaban J connectivity index is 0.000000330. The lowest BCUT2D eigenvalue weighted by atomic mass is 9.84. The van der Waals surface area contributed by atoms with Crippen LogP contribution in [0.15, 0.2) is 30.3 Å². The summed E-state index contributed by atoms with van der Waals surface area (Å²) in [4.78, 5) is 0. The summed E-state index contributed by atoms with van der Waals surface area (Å²) in [5.41, 5.74) is 1.59. The maximum Gasteiger partial charge on any atom is -0.0131 e. The van der Waals surface area contributed by atoms with E-state index in [9.17, 15) is 0 Å². The Morgan fingerprint density at radius 3 is 1.94 bits per heavy atom. The first-order valence-electron chi connectivity index (χ1n) is 7.48. The fourth-order valence-electron chi connectivity index (χ4n) is 3.35. The Kier molecular flexibility index (Phi) is 6.32. The van der Waals surface area contributed by atoms with Crippen molar-refractivity contribution < 1.29 is 0 Å². The van der Waals surface area contributed by atoms with E-state index in [4.69, 9.17) is 0 Å². The number of fused-ring (bicyclic) bond motifs is 2. The minimum Gasteiger partial charge on any atom is -0.0683 e. The summed E-state index contributed by atoms with van der Waals surface area (Å²) in [6, 6.07) is 11.1. The van der Waals surface area contributed by atoms with E-state index < -0.39 is 0 Å². The third kappa shape index (κ3) is 3.34. The molecule has 2 aliphatic carbocycles. The largest absolute Gasteiger partial charge is 0.0683 e. The smallest absolute Gasteiger partial charge is 0.0131 e. The van der Waals surface area contributed by atoms with Crippen molar-refractivity contribution in [3.8, 4) is 0 Å². The van der Waals surface area contributed by atoms with Gasteiger partial charge in [0.05, 0.1) is 0 Å². The molecule has 0 amide bonds. The van der Waals surface area contributed by atoms with Crippen LogP contribution in [0.3, 0.4) is 0 Å². The van der Waals surface area contributed by atoms with Crippen molar-refractivity contribution in [3.05, 3.63) is 35.9 Å². The van der Waals surface area contributed by atoms with Gasteiger partial charge in [-0.2, -0.15) is 0 Å². The predicted octanol–water partition coefficient (Wildman–Crippen LogP) is 5.64. The lowest BCUT2D eigenvalue weighted by Gasteiger charge is -2.21. The van der Waals surface area contributed by atoms with Crippen LogP contribution in [-0.2, 0) is 0 Å². The third-order valence-electron chi connectivity index (χ3n) is 3.97. The van der Waals surface area contributed by atoms with Crippen LogP contribution in [0, 0.1) is 11.8 Å². The summed E-state index contributed by atoms with van der Waals surface area (Å²) in [6.45, 7) is 8.00. The quantitative estimate of drug-likeness (QED) is 0.587. The molecule has 3 unspecified atom stereocenters. The van der Waals surface area contributed by atoms with Crippen molar-refractivity contribution in [1.82, 2.24) is 0 Å². The number of hydrogen-bond donors (Lipinski definition) is 0. The zero-order chi connectivity index (χ0) is 12.7. The summed E-state index contributed by atoms with van der Waals surface area (Å²) < 4.78 is 0. The van der Waals surface area contributed by atoms with Crippen LogP contribution in [0.5, 0.6) is 0 Å². The molecule has 17 heavy (non-hydrogen) atoms. The molecule has 2 aliphatic rings. The third-order valence-corrected chi connectivity index (χ3v) is 3.97. The van der Waals surface area contributed by atoms with Crippen LogP contribution in [0.4, 0.5) is 0 Å². The van der Waals surface area contributed by atoms with Crippen molar-refractivity contribution in [3.63, 3.8) is 0 Å². The van der Waals surface area contributed by atoms with E-state index in [0.29, 0.717) is 0 Å². The van der Waals surface area contributed by atoms with Crippen LogP contribution in [0.1, 0.15) is 64.9 Å². The maximum atomic E-state index is 2.31. The van der Waals surface area contributed by atoms with Gasteiger partial charge in [0.15, 0.2) is 0 Å². The molecule has 0 aliphatic heterocycles. The molecular formula is C17H28. The first-order valence-corrected chi connectivity index (χ1v) is 7.48. The second kappa shape index (κ2) is 7.53. The van der Waals surface area contributed by atoms with E-state index >= 15 is 0 Å². The van der Waals surface area contributed by atoms with Gasteiger partial charge in [0.2, 0.25) is 0 Å². The topological polar surface area (TPSA) is 0 Å². The fourth-order valence-corrected chi connectivity index (χ4v) is 3.35. The van der Waals surface area contributed by atoms with Crippen LogP contribution in [0.25, 0.3) is 0 Å². The summed E-state index contributed by atoms with van der Waals surface area (Å²) in [6.07, 6.45) is 5.98. The lowest BCUT2D eigenvalue weighted by Crippen LogP contribution is -2.07. The Labute approximate surface area is 107 Å². The zero-order valence-electron chi connectivity index (χ0n) is 11.9. The SMILES string of the molecule is CC.CC.c1ccc(C2CC3CCC2C3)cc1. The van der Waals surface area contributed by atoms with Gasteiger partial charge in [0, 0.05) is 0 Å². The molecule has 0 heterocycles. The number of hydrogen-bond acceptors (Lipinski definition) is 0. The van der Waals surface area contributed by atoms with Crippen LogP contribution < -0.4 is 0 Å². The molecule has 0 aromatic heterocycles. The molecule has 0 radical (unpaired) electrons. The summed E-state index contributed by atoms with van der Waals surface area (Å²) in [5.74, 6) is 2.99. The minimum absolute atomic E-state index is 0.903. The second-order valence-corrected chi connectivity index (χ2v) is 4.69. The fraction of sp³-hybridized carbons (Fsp3) is 0.647. The van der Waals surface area contributed by atoms with E-state index in [2.05, 4.69) is 30.3 Å². The molecule has 0 saturated heterocycles. The minimum atomic E-state index is 0.903. The summed E-state index contributed by atoms with van der Waals surface area (Å²) in [5, 5.41) is 0. The zero-order valence-corrected chi connectivity index (χ0v) is 11.9. The molecule has 2 saturated carbocycles. The van der Waals surface area contributed by atoms with Gasteiger partial charge in [-0.15, -0.1) is 0 Å². The van der Waals surface area contributed by atoms with Gasteiger partial charge < -0.3 is 0 Å². The van der Waals surface area contributed by atoms with E-state index in [1.807, 2.05) is 27.7 Å². The van der Waals surface area contributed by atoms with Crippen molar-refractivity contribution in [1.29, 1.82) is 0 Å². The maximum absolute atomic E-state index is 2.31. The van der Waals surface area contributed by atoms with E-state index in [1.165, 1.54) is 25.7 Å². The first-order chi connectivity index (χ1) is 8.43. The molecule has 0 nitrogen and oxygen atoms in total. The van der Waals surface area contributed by atoms with Crippen LogP contribution in [0.2, 0.25) is 0 Å². The Morgan fingerprint density at radius 1 is 0.824 bits per heavy atom. The molecule has 2 fully saturated rings. The highest BCUT2D eigenvalue weighted by molar-refractivity contribution is 5.22. The highest BCUT2D eigenvalue weighted by Crippen LogP contribution is 2.52. The molecular weight excluding hydrogens is 204 g/mol. The normalized spacial score (nSPS) is 28.8. The van der Waals surface area contributed by atoms with Crippen LogP contribution >= 0.6 is 0 Å². The van der Waals surface area contributed by atoms with Gasteiger partial charge in [-0.05, 0) is 42.6 Å². The number of benzene rings is 1. The van der Waals surface area contributed by atoms with E-state index in [0.717, 1.165) is 17.8 Å². The average molecular weight is 232 g/mol. The standard InChI is InChI=1S/C13H16.2C2H6/c1-2-4-11(5-3-1)13-9-10-6-7-12(13)8-10;2*1-2/h1-5,10,12-13H,6-9H2;2*1-2H3. The molecule has 0 heteroatoms. The molecule has 2 bridgehead atoms. The van der Waals surface area contributed by atoms with Crippen LogP contribution in [-0.4, -0.2) is 0 Å².